The molecule has 110 heavy (non-hydrogen) atoms. The molecule has 6 N–H and O–H groups in total. The molecule has 0 saturated heterocycles. The standard InChI is InChI=1S/C22H25N7O2.C15H16N4.C12H20N2O3.C11H18O3.C8H12N2O3.C7H13BrO2.C4H6O.HI/c1-14(31-7-6-18-11-24-28-27-18)21(30)29-12-17-10-23-22(26-20(17)13-29)25-19-8-15-4-2-3-5-16(15)9-19;1-2-4-11-6-13(5-10(11)3-1)18-15-17-8-12-7-16-9-14(12)19-15;1-9(11(15)17-12(2,3)4)16-6-5-10-7-13-14-8-10;1-6-7-8-13-9(2)10(12)14-11(3,4)5;1-6(8(11)12)13-3-2-7-4-9-10-5-7;1-5(8)6(9)10-7(2,3)4;1-2-3-4-5;/h2-5,10-11,14,19H,6-9,12-13H2,1H3,(H,23,25,26)(H,24,27,28);1-4,8,13,16H,5-7,9H2,(H,17,18,19);7,9H,5-6,8H2,1-4H3;1,9H,7-8H2,2-5H3;4,6H,2-3,5H2,1H3,(H,11,12);5H,1-4H3;1,5H,3-4H2;1H/p-1. The van der Waals surface area contributed by atoms with Crippen LogP contribution in [0.25, 0.3) is 0 Å². The number of aliphatic hydroxyl groups excluding tert-OH is 1. The zero-order chi connectivity index (χ0) is 80.1. The molecular formula is C79H110BrIN15O14-. The highest BCUT2D eigenvalue weighted by atomic mass is 127. The number of halogens is 2. The molecule has 2 aliphatic carbocycles. The lowest BCUT2D eigenvalue weighted by molar-refractivity contribution is -0.168. The first-order chi connectivity index (χ1) is 51.7. The molecule has 6 aliphatic rings. The molecular weight excluding hydrogens is 1590 g/mol. The number of carbonyl (C=O) groups excluding carboxylic acids is 4. The molecule has 0 bridgehead atoms. The third-order valence-electron chi connectivity index (χ3n) is 16.0. The van der Waals surface area contributed by atoms with Gasteiger partial charge in [0, 0.05) is 74.5 Å². The first kappa shape index (κ1) is 93.8. The van der Waals surface area contributed by atoms with Crippen molar-refractivity contribution in [1.29, 1.82) is 0 Å². The fraction of sp³-hybridized carbons (Fsp3) is 0.557. The maximum Gasteiger partial charge on any atom is 0.335 e. The van der Waals surface area contributed by atoms with Crippen molar-refractivity contribution < 1.29 is 91.3 Å². The summed E-state index contributed by atoms with van der Waals surface area (Å²) in [5, 5.41) is 52.0. The van der Waals surface area contributed by atoms with Crippen LogP contribution in [0.1, 0.15) is 173 Å². The quantitative estimate of drug-likeness (QED) is 0.00807. The topological polar surface area (TPSA) is 372 Å². The molecule has 5 unspecified atom stereocenters. The number of amides is 1. The number of carboxylic acids is 1. The Kier molecular flexibility index (Phi) is 41.2. The van der Waals surface area contributed by atoms with Gasteiger partial charge in [-0.2, -0.15) is 35.9 Å². The summed E-state index contributed by atoms with van der Waals surface area (Å²) in [5.74, 6) is 4.22. The molecule has 2 aromatic carbocycles. The lowest BCUT2D eigenvalue weighted by Crippen LogP contribution is -3.00. The van der Waals surface area contributed by atoms with Gasteiger partial charge in [0.15, 0.2) is 18.3 Å². The number of alkyl halides is 1. The number of aromatic amines is 1. The van der Waals surface area contributed by atoms with Crippen molar-refractivity contribution in [3.63, 3.8) is 0 Å². The molecule has 600 valence electrons. The van der Waals surface area contributed by atoms with Gasteiger partial charge in [-0.1, -0.05) is 64.5 Å². The van der Waals surface area contributed by atoms with Crippen LogP contribution in [0.2, 0.25) is 0 Å². The minimum absolute atomic E-state index is 0. The third-order valence-corrected chi connectivity index (χ3v) is 16.4. The summed E-state index contributed by atoms with van der Waals surface area (Å²) in [5.41, 5.74) is 11.6. The SMILES string of the molecule is C#CCCO.C#CCCOC(C)C(=O)OC(C)(C)C.CC(Br)C(=O)OC(C)(C)C.CC(OCCC1=CN=NC1)C(=O)O.CC(OCCC1=CN=NC1)C(=O)OC(C)(C)C.CC(OCCc1cn[nH]n1)C(=O)N1Cc2cnc(NC3Cc4ccccc4C3)nc2C1.[I-].c1ccc2c(c1)CC(Nc1ncc3c(n1)CNC3)C2. The number of azo groups is 2. The van der Waals surface area contributed by atoms with Gasteiger partial charge in [-0.25, -0.2) is 34.3 Å². The van der Waals surface area contributed by atoms with Crippen LogP contribution in [0.4, 0.5) is 11.9 Å². The second-order valence-electron chi connectivity index (χ2n) is 29.0. The summed E-state index contributed by atoms with van der Waals surface area (Å²) in [4.78, 5) is 76.7. The fourth-order valence-corrected chi connectivity index (χ4v) is 10.6. The van der Waals surface area contributed by atoms with Crippen molar-refractivity contribution in [2.24, 2.45) is 20.5 Å². The van der Waals surface area contributed by atoms with Gasteiger partial charge in [0.25, 0.3) is 5.91 Å². The monoisotopic (exact) mass is 1700 g/mol. The smallest absolute Gasteiger partial charge is 0.335 e. The van der Waals surface area contributed by atoms with E-state index in [1.807, 2.05) is 74.7 Å². The number of rotatable bonds is 25. The highest BCUT2D eigenvalue weighted by molar-refractivity contribution is 9.10. The van der Waals surface area contributed by atoms with E-state index in [9.17, 15) is 24.0 Å². The number of fused-ring (bicyclic) bond motifs is 4. The maximum absolute atomic E-state index is 12.8. The van der Waals surface area contributed by atoms with E-state index in [0.29, 0.717) is 96.3 Å². The predicted molar refractivity (Wildman–Crippen MR) is 416 cm³/mol. The number of hydrogen-bond donors (Lipinski definition) is 6. The van der Waals surface area contributed by atoms with Crippen LogP contribution in [-0.2, 0) is 115 Å². The molecule has 0 radical (unpaired) electrons. The summed E-state index contributed by atoms with van der Waals surface area (Å²) < 4.78 is 36.7. The van der Waals surface area contributed by atoms with Crippen molar-refractivity contribution in [2.45, 2.75) is 239 Å². The van der Waals surface area contributed by atoms with E-state index in [2.05, 4.69) is 143 Å². The number of hydrogen-bond acceptors (Lipinski definition) is 26. The minimum atomic E-state index is -0.935. The molecule has 3 aromatic heterocycles. The van der Waals surface area contributed by atoms with E-state index < -0.39 is 41.6 Å². The highest BCUT2D eigenvalue weighted by Gasteiger charge is 2.31. The molecule has 31 heteroatoms. The lowest BCUT2D eigenvalue weighted by atomic mass is 10.1. The second-order valence-corrected chi connectivity index (χ2v) is 30.4. The molecule has 29 nitrogen and oxygen atoms in total. The van der Waals surface area contributed by atoms with Crippen molar-refractivity contribution in [2.75, 3.05) is 56.8 Å². The predicted octanol–water partition coefficient (Wildman–Crippen LogP) is 7.89. The number of aromatic nitrogens is 7. The summed E-state index contributed by atoms with van der Waals surface area (Å²) in [6.45, 7) is 30.7. The third kappa shape index (κ3) is 36.5. The first-order valence-electron chi connectivity index (χ1n) is 36.5. The number of aliphatic hydroxyl groups is 1. The van der Waals surface area contributed by atoms with Crippen molar-refractivity contribution in [3.8, 4) is 24.7 Å². The van der Waals surface area contributed by atoms with Crippen molar-refractivity contribution in [3.05, 3.63) is 141 Å². The number of ether oxygens (including phenoxy) is 7. The highest BCUT2D eigenvalue weighted by Crippen LogP contribution is 2.28. The molecule has 5 aromatic rings. The van der Waals surface area contributed by atoms with E-state index in [1.54, 1.807) is 51.2 Å². The summed E-state index contributed by atoms with van der Waals surface area (Å²) in [6, 6.07) is 17.9. The van der Waals surface area contributed by atoms with E-state index in [1.165, 1.54) is 34.7 Å². The molecule has 1 amide bonds. The van der Waals surface area contributed by atoms with Gasteiger partial charge in [0.2, 0.25) is 11.9 Å². The van der Waals surface area contributed by atoms with Crippen LogP contribution in [0.15, 0.2) is 111 Å². The van der Waals surface area contributed by atoms with Crippen LogP contribution < -0.4 is 39.9 Å². The number of H-pyrrole nitrogens is 1. The van der Waals surface area contributed by atoms with Crippen LogP contribution in [0.3, 0.4) is 0 Å². The summed E-state index contributed by atoms with van der Waals surface area (Å²) in [6.07, 6.45) is 23.4. The molecule has 0 spiro atoms. The number of aliphatic carboxylic acids is 1. The average molecular weight is 1700 g/mol. The van der Waals surface area contributed by atoms with Crippen LogP contribution >= 0.6 is 15.9 Å². The number of nitrogens with one attached hydrogen (secondary N) is 4. The van der Waals surface area contributed by atoms with Gasteiger partial charge in [-0.3, -0.25) is 9.59 Å². The molecule has 0 saturated carbocycles. The largest absolute Gasteiger partial charge is 1.00 e. The van der Waals surface area contributed by atoms with Gasteiger partial charge in [-0.05, 0) is 169 Å². The number of anilines is 2. The summed E-state index contributed by atoms with van der Waals surface area (Å²) >= 11 is 3.12. The average Bonchev–Trinajstić information content (AvgIpc) is 1.67. The number of carbonyl (C=O) groups is 5. The van der Waals surface area contributed by atoms with E-state index in [-0.39, 0.29) is 64.8 Å². The minimum Gasteiger partial charge on any atom is -1.00 e. The molecule has 11 rings (SSSR count). The van der Waals surface area contributed by atoms with Gasteiger partial charge in [0.1, 0.15) is 27.7 Å². The Labute approximate surface area is 672 Å². The molecule has 7 heterocycles. The Balaban J connectivity index is 0.000000286. The Morgan fingerprint density at radius 1 is 0.582 bits per heavy atom. The Hall–Kier alpha value is -8.54. The Morgan fingerprint density at radius 3 is 1.44 bits per heavy atom. The van der Waals surface area contributed by atoms with Crippen molar-refractivity contribution in [1.82, 2.24) is 45.6 Å². The lowest BCUT2D eigenvalue weighted by Gasteiger charge is -2.22. The van der Waals surface area contributed by atoms with E-state index in [4.69, 9.17) is 61.2 Å². The first-order valence-corrected chi connectivity index (χ1v) is 37.4. The summed E-state index contributed by atoms with van der Waals surface area (Å²) in [7, 11) is 0. The normalized spacial score (nSPS) is 15.5. The molecule has 5 atom stereocenters. The van der Waals surface area contributed by atoms with Gasteiger partial charge >= 0.3 is 23.9 Å². The Morgan fingerprint density at radius 2 is 1.03 bits per heavy atom. The van der Waals surface area contributed by atoms with Crippen molar-refractivity contribution >= 4 is 57.6 Å². The van der Waals surface area contributed by atoms with Gasteiger partial charge in [-0.15, -0.1) is 24.7 Å². The van der Waals surface area contributed by atoms with Crippen LogP contribution in [0.5, 0.6) is 0 Å². The van der Waals surface area contributed by atoms with Gasteiger partial charge in [0.05, 0.1) is 88.3 Å². The fourth-order valence-electron chi connectivity index (χ4n) is 10.5. The number of terminal acetylenes is 2. The number of nitrogens with zero attached hydrogens (tertiary/aromatic N) is 11. The van der Waals surface area contributed by atoms with E-state index >= 15 is 0 Å². The van der Waals surface area contributed by atoms with Gasteiger partial charge < -0.3 is 88.2 Å². The number of benzene rings is 2. The Bertz CT molecular complexity index is 3870. The zero-order valence-electron chi connectivity index (χ0n) is 65.8. The zero-order valence-corrected chi connectivity index (χ0v) is 69.6. The second kappa shape index (κ2) is 48.3. The van der Waals surface area contributed by atoms with Crippen LogP contribution in [0, 0.1) is 24.7 Å². The number of esters is 3. The number of carboxylic acid groups (broad SMARTS) is 1. The molecule has 4 aliphatic heterocycles. The maximum atomic E-state index is 12.8. The molecule has 0 fully saturated rings. The van der Waals surface area contributed by atoms with Crippen LogP contribution in [-0.4, -0.2) is 184 Å². The van der Waals surface area contributed by atoms with E-state index in [0.717, 1.165) is 84.9 Å².